The lowest BCUT2D eigenvalue weighted by Gasteiger charge is -2.59. The van der Waals surface area contributed by atoms with Gasteiger partial charge in [0.2, 0.25) is 5.91 Å². The zero-order valence-electron chi connectivity index (χ0n) is 11.4. The largest absolute Gasteiger partial charge is 0.338 e. The maximum absolute atomic E-state index is 12.5. The number of amides is 1. The average Bonchev–Trinajstić information content (AvgIpc) is 2.44. The van der Waals surface area contributed by atoms with Crippen LogP contribution in [0.3, 0.4) is 0 Å². The Balaban J connectivity index is 1.65. The molecule has 0 aromatic rings. The third kappa shape index (κ3) is 1.96. The van der Waals surface area contributed by atoms with E-state index in [1.165, 1.54) is 45.2 Å². The molecule has 19 heavy (non-hydrogen) atoms. The lowest BCUT2D eigenvalue weighted by atomic mass is 9.68. The van der Waals surface area contributed by atoms with Gasteiger partial charge in [0.15, 0.2) is 0 Å². The Kier molecular flexibility index (Phi) is 3.29. The van der Waals surface area contributed by atoms with Gasteiger partial charge >= 0.3 is 0 Å². The monoisotopic (exact) mass is 374 g/mol. The molecule has 4 aliphatic heterocycles. The standard InChI is InChI=1S/C15H23IN2O/c16-12-5-6-13-11-4-2-8-17-7-1-3-10(14(11)17)9-18(13)15(12)19/h10-14H,1-9H2. The number of nitrogens with zero attached hydrogens (tertiary/aromatic N) is 2. The maximum Gasteiger partial charge on any atom is 0.235 e. The van der Waals surface area contributed by atoms with E-state index in [2.05, 4.69) is 32.4 Å². The SMILES string of the molecule is O=C1C(I)CCC2C3CCCN4CCCC(CN12)C34. The Hall–Kier alpha value is 0.160. The van der Waals surface area contributed by atoms with E-state index in [4.69, 9.17) is 0 Å². The lowest BCUT2D eigenvalue weighted by Crippen LogP contribution is -2.67. The fourth-order valence-electron chi connectivity index (χ4n) is 5.24. The van der Waals surface area contributed by atoms with E-state index in [0.717, 1.165) is 30.8 Å². The topological polar surface area (TPSA) is 23.6 Å². The van der Waals surface area contributed by atoms with Crippen LogP contribution in [0.2, 0.25) is 0 Å². The summed E-state index contributed by atoms with van der Waals surface area (Å²) in [7, 11) is 0. The second kappa shape index (κ2) is 4.86. The number of carbonyl (C=O) groups is 1. The van der Waals surface area contributed by atoms with Crippen LogP contribution in [0.5, 0.6) is 0 Å². The predicted molar refractivity (Wildman–Crippen MR) is 83.4 cm³/mol. The maximum atomic E-state index is 12.5. The predicted octanol–water partition coefficient (Wildman–Crippen LogP) is 2.29. The smallest absolute Gasteiger partial charge is 0.235 e. The van der Waals surface area contributed by atoms with Gasteiger partial charge in [0.25, 0.3) is 0 Å². The van der Waals surface area contributed by atoms with E-state index in [9.17, 15) is 4.79 Å². The lowest BCUT2D eigenvalue weighted by molar-refractivity contribution is -0.149. The Morgan fingerprint density at radius 1 is 1.05 bits per heavy atom. The van der Waals surface area contributed by atoms with Crippen LogP contribution in [0.15, 0.2) is 0 Å². The minimum atomic E-state index is 0.244. The molecule has 5 unspecified atom stereocenters. The minimum Gasteiger partial charge on any atom is -0.338 e. The van der Waals surface area contributed by atoms with E-state index in [-0.39, 0.29) is 3.92 Å². The third-order valence-electron chi connectivity index (χ3n) is 5.94. The molecular weight excluding hydrogens is 351 g/mol. The first-order chi connectivity index (χ1) is 9.25. The van der Waals surface area contributed by atoms with Crippen molar-refractivity contribution >= 4 is 28.5 Å². The van der Waals surface area contributed by atoms with Crippen LogP contribution in [-0.2, 0) is 4.79 Å². The van der Waals surface area contributed by atoms with E-state index >= 15 is 0 Å². The summed E-state index contributed by atoms with van der Waals surface area (Å²) in [6, 6.07) is 1.38. The van der Waals surface area contributed by atoms with E-state index in [1.807, 2.05) is 0 Å². The van der Waals surface area contributed by atoms with Crippen molar-refractivity contribution in [3.63, 3.8) is 0 Å². The summed E-state index contributed by atoms with van der Waals surface area (Å²) >= 11 is 2.36. The molecule has 106 valence electrons. The highest BCUT2D eigenvalue weighted by Crippen LogP contribution is 2.45. The molecule has 4 rings (SSSR count). The van der Waals surface area contributed by atoms with Crippen LogP contribution in [-0.4, -0.2) is 51.3 Å². The van der Waals surface area contributed by atoms with Crippen LogP contribution in [0.1, 0.15) is 38.5 Å². The Labute approximate surface area is 129 Å². The molecule has 0 aliphatic carbocycles. The van der Waals surface area contributed by atoms with Crippen molar-refractivity contribution in [2.45, 2.75) is 54.5 Å². The molecule has 4 heterocycles. The van der Waals surface area contributed by atoms with Gasteiger partial charge in [-0.3, -0.25) is 9.69 Å². The molecule has 0 saturated carbocycles. The molecule has 0 aromatic carbocycles. The molecule has 0 aromatic heterocycles. The molecule has 4 fully saturated rings. The normalized spacial score (nSPS) is 46.7. The molecule has 0 radical (unpaired) electrons. The molecule has 5 atom stereocenters. The first kappa shape index (κ1) is 12.9. The minimum absolute atomic E-state index is 0.244. The van der Waals surface area contributed by atoms with Gasteiger partial charge in [-0.15, -0.1) is 0 Å². The molecule has 3 nitrogen and oxygen atoms in total. The Morgan fingerprint density at radius 3 is 2.68 bits per heavy atom. The molecule has 0 bridgehead atoms. The van der Waals surface area contributed by atoms with Gasteiger partial charge in [-0.25, -0.2) is 0 Å². The second-order valence-electron chi connectivity index (χ2n) is 6.84. The van der Waals surface area contributed by atoms with Crippen molar-refractivity contribution in [3.8, 4) is 0 Å². The summed E-state index contributed by atoms with van der Waals surface area (Å²) in [4.78, 5) is 17.6. The van der Waals surface area contributed by atoms with Crippen LogP contribution in [0.4, 0.5) is 0 Å². The van der Waals surface area contributed by atoms with Gasteiger partial charge in [-0.05, 0) is 63.5 Å². The Bertz CT molecular complexity index is 386. The Morgan fingerprint density at radius 2 is 1.84 bits per heavy atom. The van der Waals surface area contributed by atoms with Crippen molar-refractivity contribution < 1.29 is 4.79 Å². The summed E-state index contributed by atoms with van der Waals surface area (Å²) in [5.74, 6) is 1.99. The van der Waals surface area contributed by atoms with Crippen LogP contribution < -0.4 is 0 Å². The van der Waals surface area contributed by atoms with E-state index in [0.29, 0.717) is 11.9 Å². The van der Waals surface area contributed by atoms with Crippen molar-refractivity contribution in [2.75, 3.05) is 19.6 Å². The molecule has 4 heteroatoms. The first-order valence-electron chi connectivity index (χ1n) is 7.94. The van der Waals surface area contributed by atoms with Crippen molar-refractivity contribution in [1.82, 2.24) is 9.80 Å². The zero-order valence-corrected chi connectivity index (χ0v) is 13.6. The summed E-state index contributed by atoms with van der Waals surface area (Å²) in [5.41, 5.74) is 0. The first-order valence-corrected chi connectivity index (χ1v) is 9.19. The van der Waals surface area contributed by atoms with Gasteiger partial charge in [0.1, 0.15) is 0 Å². The third-order valence-corrected chi connectivity index (χ3v) is 7.09. The van der Waals surface area contributed by atoms with Crippen molar-refractivity contribution in [1.29, 1.82) is 0 Å². The van der Waals surface area contributed by atoms with Crippen LogP contribution in [0, 0.1) is 11.8 Å². The van der Waals surface area contributed by atoms with Crippen molar-refractivity contribution in [3.05, 3.63) is 0 Å². The van der Waals surface area contributed by atoms with Gasteiger partial charge < -0.3 is 4.90 Å². The highest BCUT2D eigenvalue weighted by atomic mass is 127. The molecule has 4 aliphatic rings. The van der Waals surface area contributed by atoms with Gasteiger partial charge in [0.05, 0.1) is 3.92 Å². The van der Waals surface area contributed by atoms with Gasteiger partial charge in [0, 0.05) is 18.6 Å². The number of fused-ring (bicyclic) bond motifs is 2. The van der Waals surface area contributed by atoms with Crippen molar-refractivity contribution in [2.24, 2.45) is 11.8 Å². The summed E-state index contributed by atoms with van der Waals surface area (Å²) in [6.07, 6.45) is 7.75. The van der Waals surface area contributed by atoms with Gasteiger partial charge in [-0.2, -0.15) is 0 Å². The number of hydrogen-bond donors (Lipinski definition) is 0. The molecule has 4 saturated heterocycles. The number of rotatable bonds is 0. The average molecular weight is 374 g/mol. The van der Waals surface area contributed by atoms with E-state index < -0.39 is 0 Å². The number of alkyl halides is 1. The summed E-state index contributed by atoms with van der Waals surface area (Å²) in [5, 5.41) is 0. The number of hydrogen-bond acceptors (Lipinski definition) is 2. The molecular formula is C15H23IN2O. The highest BCUT2D eigenvalue weighted by molar-refractivity contribution is 14.1. The summed E-state index contributed by atoms with van der Waals surface area (Å²) in [6.45, 7) is 3.68. The fourth-order valence-corrected chi connectivity index (χ4v) is 5.96. The number of piperidine rings is 4. The van der Waals surface area contributed by atoms with Crippen LogP contribution in [0.25, 0.3) is 0 Å². The highest BCUT2D eigenvalue weighted by Gasteiger charge is 2.51. The zero-order chi connectivity index (χ0) is 13.0. The number of carbonyl (C=O) groups excluding carboxylic acids is 1. The molecule has 0 N–H and O–H groups in total. The number of halogens is 1. The van der Waals surface area contributed by atoms with Crippen LogP contribution >= 0.6 is 22.6 Å². The fraction of sp³-hybridized carbons (Fsp3) is 0.933. The quantitative estimate of drug-likeness (QED) is 0.480. The molecule has 0 spiro atoms. The van der Waals surface area contributed by atoms with Gasteiger partial charge in [-0.1, -0.05) is 22.6 Å². The second-order valence-corrected chi connectivity index (χ2v) is 8.34. The summed E-state index contributed by atoms with van der Waals surface area (Å²) < 4.78 is 0.244. The van der Waals surface area contributed by atoms with E-state index in [1.54, 1.807) is 0 Å². The molecule has 1 amide bonds.